The maximum atomic E-state index is 11.3. The number of rotatable bonds is 1. The quantitative estimate of drug-likeness (QED) is 0.696. The van der Waals surface area contributed by atoms with Crippen molar-refractivity contribution in [1.29, 1.82) is 0 Å². The first-order valence-electron chi connectivity index (χ1n) is 5.11. The summed E-state index contributed by atoms with van der Waals surface area (Å²) < 4.78 is 31.9. The summed E-state index contributed by atoms with van der Waals surface area (Å²) in [5, 5.41) is 0. The largest absolute Gasteiger partial charge is 0.295 e. The molecule has 0 aromatic heterocycles. The minimum atomic E-state index is -4.18. The molecule has 1 N–H and O–H groups in total. The minimum Gasteiger partial charge on any atom is -0.282 e. The predicted octanol–water partition coefficient (Wildman–Crippen LogP) is 3.55. The highest BCUT2D eigenvalue weighted by Crippen LogP contribution is 2.50. The van der Waals surface area contributed by atoms with E-state index in [0.717, 1.165) is 14.7 Å². The topological polar surface area (TPSA) is 54.4 Å². The highest BCUT2D eigenvalue weighted by molar-refractivity contribution is 8.05. The van der Waals surface area contributed by atoms with Crippen LogP contribution in [0.25, 0.3) is 0 Å². The summed E-state index contributed by atoms with van der Waals surface area (Å²) in [6, 6.07) is 12.7. The van der Waals surface area contributed by atoms with Gasteiger partial charge in [0.25, 0.3) is 10.1 Å². The van der Waals surface area contributed by atoms with Crippen molar-refractivity contribution in [2.24, 2.45) is 0 Å². The smallest absolute Gasteiger partial charge is 0.282 e. The Bertz CT molecular complexity index is 723. The zero-order chi connectivity index (χ0) is 12.8. The molecule has 0 atom stereocenters. The number of hydrogen-bond donors (Lipinski definition) is 1. The van der Waals surface area contributed by atoms with E-state index >= 15 is 0 Å². The number of fused-ring (bicyclic) bond motifs is 2. The lowest BCUT2D eigenvalue weighted by molar-refractivity contribution is 0.480. The summed E-state index contributed by atoms with van der Waals surface area (Å²) in [5.74, 6) is 0. The molecule has 0 spiro atoms. The van der Waals surface area contributed by atoms with Crippen molar-refractivity contribution in [2.75, 3.05) is 0 Å². The molecule has 0 saturated heterocycles. The van der Waals surface area contributed by atoms with Crippen molar-refractivity contribution in [1.82, 2.24) is 0 Å². The third-order valence-corrected chi connectivity index (χ3v) is 6.14. The van der Waals surface area contributed by atoms with E-state index in [2.05, 4.69) is 0 Å². The van der Waals surface area contributed by atoms with E-state index in [9.17, 15) is 13.0 Å². The highest BCUT2D eigenvalue weighted by atomic mass is 32.2. The van der Waals surface area contributed by atoms with E-state index in [1.165, 1.54) is 29.6 Å². The van der Waals surface area contributed by atoms with Crippen LogP contribution in [0.3, 0.4) is 0 Å². The Labute approximate surface area is 113 Å². The molecule has 0 saturated carbocycles. The molecule has 3 rings (SSSR count). The second-order valence-electron chi connectivity index (χ2n) is 3.71. The molecule has 1 aliphatic heterocycles. The van der Waals surface area contributed by atoms with Gasteiger partial charge in [-0.3, -0.25) is 4.55 Å². The van der Waals surface area contributed by atoms with Crippen LogP contribution in [0.1, 0.15) is 0 Å². The molecular formula is C12H8O3S3. The molecule has 2 aromatic rings. The van der Waals surface area contributed by atoms with Crippen LogP contribution < -0.4 is 0 Å². The molecule has 1 heterocycles. The Morgan fingerprint density at radius 1 is 0.833 bits per heavy atom. The highest BCUT2D eigenvalue weighted by Gasteiger charge is 2.24. The molecule has 0 bridgehead atoms. The van der Waals surface area contributed by atoms with Crippen LogP contribution in [0.15, 0.2) is 66.9 Å². The predicted molar refractivity (Wildman–Crippen MR) is 70.9 cm³/mol. The fourth-order valence-electron chi connectivity index (χ4n) is 1.73. The van der Waals surface area contributed by atoms with Crippen molar-refractivity contribution in [3.63, 3.8) is 0 Å². The van der Waals surface area contributed by atoms with Gasteiger partial charge in [-0.1, -0.05) is 41.7 Å². The molecule has 18 heavy (non-hydrogen) atoms. The van der Waals surface area contributed by atoms with E-state index in [0.29, 0.717) is 4.90 Å². The van der Waals surface area contributed by atoms with Gasteiger partial charge < -0.3 is 0 Å². The summed E-state index contributed by atoms with van der Waals surface area (Å²) in [5.41, 5.74) is 0. The molecule has 92 valence electrons. The summed E-state index contributed by atoms with van der Waals surface area (Å²) in [6.07, 6.45) is 0. The van der Waals surface area contributed by atoms with Gasteiger partial charge in [0.2, 0.25) is 0 Å². The van der Waals surface area contributed by atoms with E-state index in [-0.39, 0.29) is 4.90 Å². The van der Waals surface area contributed by atoms with E-state index < -0.39 is 10.1 Å². The lowest BCUT2D eigenvalue weighted by atomic mass is 10.3. The van der Waals surface area contributed by atoms with E-state index in [1.807, 2.05) is 30.3 Å². The normalized spacial score (nSPS) is 13.8. The van der Waals surface area contributed by atoms with Gasteiger partial charge in [0, 0.05) is 19.6 Å². The van der Waals surface area contributed by atoms with Gasteiger partial charge in [-0.25, -0.2) is 0 Å². The maximum Gasteiger partial charge on any atom is 0.295 e. The third kappa shape index (κ3) is 2.05. The van der Waals surface area contributed by atoms with Crippen LogP contribution in [-0.4, -0.2) is 13.0 Å². The van der Waals surface area contributed by atoms with Gasteiger partial charge in [-0.15, -0.1) is 0 Å². The second kappa shape index (κ2) is 4.31. The molecule has 0 fully saturated rings. The summed E-state index contributed by atoms with van der Waals surface area (Å²) in [6.45, 7) is 0. The van der Waals surface area contributed by atoms with Crippen molar-refractivity contribution in [3.05, 3.63) is 42.5 Å². The van der Waals surface area contributed by atoms with Crippen molar-refractivity contribution in [2.45, 2.75) is 24.5 Å². The van der Waals surface area contributed by atoms with Gasteiger partial charge in [0.15, 0.2) is 0 Å². The monoisotopic (exact) mass is 296 g/mol. The van der Waals surface area contributed by atoms with E-state index in [4.69, 9.17) is 0 Å². The van der Waals surface area contributed by atoms with Gasteiger partial charge in [0.1, 0.15) is 4.90 Å². The first-order chi connectivity index (χ1) is 8.55. The Morgan fingerprint density at radius 2 is 1.44 bits per heavy atom. The van der Waals surface area contributed by atoms with E-state index in [1.54, 1.807) is 6.07 Å². The minimum absolute atomic E-state index is 0.0213. The molecule has 6 heteroatoms. The van der Waals surface area contributed by atoms with Crippen molar-refractivity contribution < 1.29 is 13.0 Å². The molecular weight excluding hydrogens is 288 g/mol. The van der Waals surface area contributed by atoms with Gasteiger partial charge >= 0.3 is 0 Å². The standard InChI is InChI=1S/C12H8O3S3/c13-18(14,15)11-7-3-6-10-12(11)17-9-5-2-1-4-8(9)16-10/h1-7H,(H,13,14,15). The van der Waals surface area contributed by atoms with Crippen LogP contribution in [0.4, 0.5) is 0 Å². The first-order valence-corrected chi connectivity index (χ1v) is 8.18. The van der Waals surface area contributed by atoms with Crippen molar-refractivity contribution >= 4 is 33.6 Å². The van der Waals surface area contributed by atoms with Crippen LogP contribution in [0.5, 0.6) is 0 Å². The van der Waals surface area contributed by atoms with Crippen molar-refractivity contribution in [3.8, 4) is 0 Å². The number of benzene rings is 2. The van der Waals surface area contributed by atoms with Crippen LogP contribution in [0.2, 0.25) is 0 Å². The molecule has 0 aliphatic carbocycles. The molecule has 0 radical (unpaired) electrons. The Hall–Kier alpha value is -0.950. The fourth-order valence-corrected chi connectivity index (χ4v) is 5.10. The maximum absolute atomic E-state index is 11.3. The van der Waals surface area contributed by atoms with Gasteiger partial charge in [0.05, 0.1) is 0 Å². The van der Waals surface area contributed by atoms with Crippen LogP contribution >= 0.6 is 23.5 Å². The Morgan fingerprint density at radius 3 is 2.11 bits per heavy atom. The molecule has 2 aromatic carbocycles. The second-order valence-corrected chi connectivity index (χ2v) is 7.24. The lowest BCUT2D eigenvalue weighted by Gasteiger charge is -2.19. The molecule has 0 amide bonds. The summed E-state index contributed by atoms with van der Waals surface area (Å²) in [4.78, 5) is 3.54. The average molecular weight is 296 g/mol. The first kappa shape index (κ1) is 12.1. The summed E-state index contributed by atoms with van der Waals surface area (Å²) >= 11 is 2.89. The average Bonchev–Trinajstić information content (AvgIpc) is 2.34. The zero-order valence-electron chi connectivity index (χ0n) is 9.03. The Balaban J connectivity index is 2.20. The van der Waals surface area contributed by atoms with Gasteiger partial charge in [-0.2, -0.15) is 8.42 Å². The van der Waals surface area contributed by atoms with Crippen LogP contribution in [-0.2, 0) is 10.1 Å². The summed E-state index contributed by atoms with van der Waals surface area (Å²) in [7, 11) is -4.18. The lowest BCUT2D eigenvalue weighted by Crippen LogP contribution is -2.02. The number of hydrogen-bond acceptors (Lipinski definition) is 4. The third-order valence-electron chi connectivity index (χ3n) is 2.50. The van der Waals surface area contributed by atoms with Crippen LogP contribution in [0, 0.1) is 0 Å². The fraction of sp³-hybridized carbons (Fsp3) is 0. The van der Waals surface area contributed by atoms with Gasteiger partial charge in [-0.05, 0) is 24.3 Å². The molecule has 1 aliphatic rings. The molecule has 0 unspecified atom stereocenters. The molecule has 3 nitrogen and oxygen atoms in total. The SMILES string of the molecule is O=S(=O)(O)c1cccc2c1Sc1ccccc1S2. The zero-order valence-corrected chi connectivity index (χ0v) is 11.5. The Kier molecular flexibility index (Phi) is 2.90.